The van der Waals surface area contributed by atoms with E-state index < -0.39 is 14.4 Å². The number of epoxide rings is 1. The van der Waals surface area contributed by atoms with Crippen LogP contribution in [0.1, 0.15) is 20.8 Å². The van der Waals surface area contributed by atoms with Gasteiger partial charge < -0.3 is 24.0 Å². The summed E-state index contributed by atoms with van der Waals surface area (Å²) >= 11 is 0. The summed E-state index contributed by atoms with van der Waals surface area (Å²) in [5.74, 6) is 0. The fourth-order valence-electron chi connectivity index (χ4n) is 2.05. The van der Waals surface area contributed by atoms with Crippen LogP contribution in [0.4, 0.5) is 4.79 Å². The highest BCUT2D eigenvalue weighted by Crippen LogP contribution is 2.41. The Hall–Kier alpha value is -0.593. The van der Waals surface area contributed by atoms with Crippen molar-refractivity contribution in [3.63, 3.8) is 0 Å². The maximum absolute atomic E-state index is 10.9. The SMILES string of the molecule is CC(C)(C)[Si](C)(C)OC1CN(C(=O)[O-])CC2OC21. The van der Waals surface area contributed by atoms with Crippen molar-refractivity contribution in [2.45, 2.75) is 57.2 Å². The van der Waals surface area contributed by atoms with Gasteiger partial charge in [-0.15, -0.1) is 0 Å². The number of amides is 1. The number of hydrogen-bond donors (Lipinski definition) is 0. The van der Waals surface area contributed by atoms with Gasteiger partial charge in [-0.2, -0.15) is 0 Å². The van der Waals surface area contributed by atoms with E-state index in [4.69, 9.17) is 9.16 Å². The second-order valence-corrected chi connectivity index (χ2v) is 11.5. The molecule has 2 fully saturated rings. The second kappa shape index (κ2) is 4.21. The summed E-state index contributed by atoms with van der Waals surface area (Å²) in [6.07, 6.45) is -1.18. The minimum absolute atomic E-state index is 0.00594. The van der Waals surface area contributed by atoms with Crippen LogP contribution in [0.5, 0.6) is 0 Å². The standard InChI is InChI=1S/C12H23NO4Si/c1-12(2,3)18(4,5)17-9-7-13(11(14)15)6-8-10(9)16-8/h8-10H,6-7H2,1-5H3,(H,14,15)/p-1. The first kappa shape index (κ1) is 13.8. The minimum Gasteiger partial charge on any atom is -0.530 e. The summed E-state index contributed by atoms with van der Waals surface area (Å²) in [5.41, 5.74) is 0. The molecule has 0 bridgehead atoms. The number of carboxylic acid groups (broad SMARTS) is 1. The molecule has 0 aromatic rings. The molecule has 0 radical (unpaired) electrons. The van der Waals surface area contributed by atoms with E-state index in [1.54, 1.807) is 0 Å². The van der Waals surface area contributed by atoms with Gasteiger partial charge in [-0.25, -0.2) is 0 Å². The van der Waals surface area contributed by atoms with Gasteiger partial charge in [0.15, 0.2) is 8.32 Å². The third kappa shape index (κ3) is 2.55. The average molecular weight is 272 g/mol. The molecule has 5 nitrogen and oxygen atoms in total. The summed E-state index contributed by atoms with van der Waals surface area (Å²) in [6, 6.07) is 0. The first-order valence-corrected chi connectivity index (χ1v) is 9.32. The molecule has 0 N–H and O–H groups in total. The molecule has 0 aromatic heterocycles. The molecule has 2 rings (SSSR count). The molecule has 1 amide bonds. The van der Waals surface area contributed by atoms with Gasteiger partial charge in [0.2, 0.25) is 0 Å². The van der Waals surface area contributed by atoms with Crippen LogP contribution in [0.3, 0.4) is 0 Å². The molecule has 104 valence electrons. The molecule has 2 saturated heterocycles. The zero-order chi connectivity index (χ0) is 13.7. The quantitative estimate of drug-likeness (QED) is 0.551. The van der Waals surface area contributed by atoms with Crippen LogP contribution in [0.2, 0.25) is 18.1 Å². The van der Waals surface area contributed by atoms with Gasteiger partial charge in [-0.3, -0.25) is 0 Å². The van der Waals surface area contributed by atoms with Crippen molar-refractivity contribution < 1.29 is 19.1 Å². The molecule has 3 unspecified atom stereocenters. The van der Waals surface area contributed by atoms with E-state index in [1.807, 2.05) is 0 Å². The first-order chi connectivity index (χ1) is 8.12. The smallest absolute Gasteiger partial charge is 0.192 e. The largest absolute Gasteiger partial charge is 0.530 e. The van der Waals surface area contributed by atoms with Gasteiger partial charge in [0, 0.05) is 13.1 Å². The lowest BCUT2D eigenvalue weighted by Gasteiger charge is -2.41. The Morgan fingerprint density at radius 3 is 2.50 bits per heavy atom. The highest BCUT2D eigenvalue weighted by atomic mass is 28.4. The van der Waals surface area contributed by atoms with Crippen LogP contribution in [0.15, 0.2) is 0 Å². The third-order valence-corrected chi connectivity index (χ3v) is 8.80. The van der Waals surface area contributed by atoms with Crippen LogP contribution in [0, 0.1) is 0 Å². The van der Waals surface area contributed by atoms with Crippen molar-refractivity contribution in [1.82, 2.24) is 4.90 Å². The highest BCUT2D eigenvalue weighted by Gasteiger charge is 2.53. The zero-order valence-electron chi connectivity index (χ0n) is 11.7. The van der Waals surface area contributed by atoms with E-state index in [0.717, 1.165) is 0 Å². The van der Waals surface area contributed by atoms with Crippen LogP contribution >= 0.6 is 0 Å². The second-order valence-electron chi connectivity index (χ2n) is 6.73. The maximum atomic E-state index is 10.9. The van der Waals surface area contributed by atoms with Crippen molar-refractivity contribution in [1.29, 1.82) is 0 Å². The Balaban J connectivity index is 2.03. The first-order valence-electron chi connectivity index (χ1n) is 6.41. The number of carbonyl (C=O) groups excluding carboxylic acids is 1. The minimum atomic E-state index is -1.89. The highest BCUT2D eigenvalue weighted by molar-refractivity contribution is 6.74. The number of rotatable bonds is 2. The number of hydrogen-bond acceptors (Lipinski definition) is 4. The molecule has 2 heterocycles. The molecule has 0 saturated carbocycles. The van der Waals surface area contributed by atoms with Crippen molar-refractivity contribution >= 4 is 14.4 Å². The molecule has 6 heteroatoms. The van der Waals surface area contributed by atoms with Crippen molar-refractivity contribution in [2.24, 2.45) is 0 Å². The monoisotopic (exact) mass is 272 g/mol. The molecule has 2 aliphatic heterocycles. The topological polar surface area (TPSA) is 65.1 Å². The summed E-state index contributed by atoms with van der Waals surface area (Å²) in [4.78, 5) is 12.2. The maximum Gasteiger partial charge on any atom is 0.192 e. The average Bonchev–Trinajstić information content (AvgIpc) is 2.93. The predicted molar refractivity (Wildman–Crippen MR) is 67.7 cm³/mol. The van der Waals surface area contributed by atoms with E-state index in [1.165, 1.54) is 4.90 Å². The Labute approximate surface area is 109 Å². The van der Waals surface area contributed by atoms with Gasteiger partial charge in [0.05, 0.1) is 6.10 Å². The Morgan fingerprint density at radius 1 is 1.39 bits per heavy atom. The van der Waals surface area contributed by atoms with Gasteiger partial charge in [0.25, 0.3) is 0 Å². The molecular formula is C12H22NO4Si-. The lowest BCUT2D eigenvalue weighted by molar-refractivity contribution is -0.267. The zero-order valence-corrected chi connectivity index (χ0v) is 12.7. The Bertz CT molecular complexity index is 352. The fraction of sp³-hybridized carbons (Fsp3) is 0.917. The molecular weight excluding hydrogens is 250 g/mol. The van der Waals surface area contributed by atoms with Crippen molar-refractivity contribution in [2.75, 3.05) is 13.1 Å². The van der Waals surface area contributed by atoms with Gasteiger partial charge in [-0.05, 0) is 18.1 Å². The van der Waals surface area contributed by atoms with Gasteiger partial charge in [-0.1, -0.05) is 20.8 Å². The van der Waals surface area contributed by atoms with Crippen molar-refractivity contribution in [3.05, 3.63) is 0 Å². The van der Waals surface area contributed by atoms with Crippen LogP contribution in [0.25, 0.3) is 0 Å². The van der Waals surface area contributed by atoms with Gasteiger partial charge >= 0.3 is 0 Å². The summed E-state index contributed by atoms with van der Waals surface area (Å²) in [6.45, 7) is 11.6. The Morgan fingerprint density at radius 2 is 2.00 bits per heavy atom. The summed E-state index contributed by atoms with van der Waals surface area (Å²) < 4.78 is 11.8. The van der Waals surface area contributed by atoms with E-state index >= 15 is 0 Å². The summed E-state index contributed by atoms with van der Waals surface area (Å²) in [5, 5.41) is 11.1. The van der Waals surface area contributed by atoms with E-state index in [-0.39, 0.29) is 23.4 Å². The number of fused-ring (bicyclic) bond motifs is 1. The Kier molecular flexibility index (Phi) is 3.24. The summed E-state index contributed by atoms with van der Waals surface area (Å²) in [7, 11) is -1.89. The number of nitrogens with zero attached hydrogens (tertiary/aromatic N) is 1. The lowest BCUT2D eigenvalue weighted by atomic mass is 10.1. The third-order valence-electron chi connectivity index (χ3n) is 4.30. The molecule has 0 spiro atoms. The van der Waals surface area contributed by atoms with Crippen molar-refractivity contribution in [3.8, 4) is 0 Å². The lowest BCUT2D eigenvalue weighted by Crippen LogP contribution is -2.55. The predicted octanol–water partition coefficient (Wildman–Crippen LogP) is 0.803. The van der Waals surface area contributed by atoms with E-state index in [0.29, 0.717) is 13.1 Å². The molecule has 18 heavy (non-hydrogen) atoms. The van der Waals surface area contributed by atoms with E-state index in [9.17, 15) is 9.90 Å². The normalized spacial score (nSPS) is 32.1. The molecule has 3 atom stereocenters. The van der Waals surface area contributed by atoms with Crippen LogP contribution in [-0.2, 0) is 9.16 Å². The number of ether oxygens (including phenoxy) is 1. The number of piperidine rings is 1. The van der Waals surface area contributed by atoms with Crippen LogP contribution in [-0.4, -0.2) is 50.7 Å². The number of carbonyl (C=O) groups is 1. The van der Waals surface area contributed by atoms with Crippen LogP contribution < -0.4 is 5.11 Å². The fourth-order valence-corrected chi connectivity index (χ4v) is 3.37. The van der Waals surface area contributed by atoms with Gasteiger partial charge in [0.1, 0.15) is 18.3 Å². The molecule has 2 aliphatic rings. The molecule has 0 aromatic carbocycles. The van der Waals surface area contributed by atoms with E-state index in [2.05, 4.69) is 33.9 Å². The number of likely N-dealkylation sites (tertiary alicyclic amines) is 1. The molecule has 0 aliphatic carbocycles.